The fourth-order valence-electron chi connectivity index (χ4n) is 12.1. The molecule has 0 bridgehead atoms. The molecular formula is C81H54N4. The van der Waals surface area contributed by atoms with Gasteiger partial charge in [0.2, 0.25) is 0 Å². The van der Waals surface area contributed by atoms with Gasteiger partial charge >= 0.3 is 0 Å². The first-order valence-corrected chi connectivity index (χ1v) is 28.9. The molecule has 0 saturated carbocycles. The third-order valence-electron chi connectivity index (χ3n) is 16.3. The Balaban J connectivity index is 1.11. The lowest BCUT2D eigenvalue weighted by Gasteiger charge is -2.22. The molecule has 2 aromatic heterocycles. The molecule has 85 heavy (non-hydrogen) atoms. The van der Waals surface area contributed by atoms with E-state index in [0.717, 1.165) is 133 Å². The van der Waals surface area contributed by atoms with Crippen LogP contribution in [-0.2, 0) is 0 Å². The minimum Gasteiger partial charge on any atom is -0.308 e. The number of benzene rings is 13. The van der Waals surface area contributed by atoms with Gasteiger partial charge in [0.25, 0.3) is 0 Å². The maximum Gasteiger partial charge on any atom is 0.164 e. The van der Waals surface area contributed by atoms with Gasteiger partial charge in [-0.25, -0.2) is 15.0 Å². The van der Waals surface area contributed by atoms with Crippen LogP contribution in [0.5, 0.6) is 0 Å². The summed E-state index contributed by atoms with van der Waals surface area (Å²) in [6.45, 7) is 0. The molecule has 0 aliphatic carbocycles. The number of nitrogens with zero attached hydrogens (tertiary/aromatic N) is 4. The molecule has 0 aliphatic rings. The molecule has 0 aliphatic heterocycles. The quantitative estimate of drug-likeness (QED) is 0.122. The van der Waals surface area contributed by atoms with Crippen LogP contribution in [-0.4, -0.2) is 19.5 Å². The molecule has 13 aromatic carbocycles. The highest BCUT2D eigenvalue weighted by atomic mass is 15.0. The number of hydrogen-bond acceptors (Lipinski definition) is 3. The van der Waals surface area contributed by atoms with Crippen LogP contribution in [0.2, 0.25) is 0 Å². The van der Waals surface area contributed by atoms with E-state index in [1.807, 2.05) is 36.4 Å². The van der Waals surface area contributed by atoms with Gasteiger partial charge in [0.05, 0.1) is 16.7 Å². The second-order valence-corrected chi connectivity index (χ2v) is 21.5. The summed E-state index contributed by atoms with van der Waals surface area (Å²) in [5, 5.41) is 2.28. The van der Waals surface area contributed by atoms with Gasteiger partial charge in [-0.15, -0.1) is 0 Å². The summed E-state index contributed by atoms with van der Waals surface area (Å²) in [5.74, 6) is 1.77. The van der Waals surface area contributed by atoms with Crippen molar-refractivity contribution in [1.82, 2.24) is 19.5 Å². The summed E-state index contributed by atoms with van der Waals surface area (Å²) >= 11 is 0. The van der Waals surface area contributed by atoms with Crippen LogP contribution in [0.1, 0.15) is 0 Å². The van der Waals surface area contributed by atoms with Crippen molar-refractivity contribution in [2.75, 3.05) is 0 Å². The molecule has 0 N–H and O–H groups in total. The zero-order valence-electron chi connectivity index (χ0n) is 46.5. The Kier molecular flexibility index (Phi) is 13.2. The van der Waals surface area contributed by atoms with E-state index in [-0.39, 0.29) is 0 Å². The van der Waals surface area contributed by atoms with Gasteiger partial charge in [-0.2, -0.15) is 0 Å². The van der Waals surface area contributed by atoms with Crippen molar-refractivity contribution in [1.29, 1.82) is 0 Å². The van der Waals surface area contributed by atoms with Crippen LogP contribution < -0.4 is 0 Å². The number of aromatic nitrogens is 4. The van der Waals surface area contributed by atoms with Gasteiger partial charge in [-0.05, 0) is 114 Å². The molecule has 4 nitrogen and oxygen atoms in total. The minimum atomic E-state index is 0.573. The van der Waals surface area contributed by atoms with E-state index in [1.54, 1.807) is 0 Å². The molecule has 398 valence electrons. The van der Waals surface area contributed by atoms with Crippen LogP contribution in [0.4, 0.5) is 0 Å². The van der Waals surface area contributed by atoms with E-state index in [1.165, 1.54) is 0 Å². The normalized spacial score (nSPS) is 11.3. The van der Waals surface area contributed by atoms with Crippen LogP contribution in [0.15, 0.2) is 328 Å². The summed E-state index contributed by atoms with van der Waals surface area (Å²) in [6.07, 6.45) is 0. The molecule has 0 atom stereocenters. The molecule has 2 heterocycles. The van der Waals surface area contributed by atoms with E-state index >= 15 is 0 Å². The van der Waals surface area contributed by atoms with Crippen molar-refractivity contribution in [3.8, 4) is 129 Å². The van der Waals surface area contributed by atoms with E-state index in [2.05, 4.69) is 296 Å². The summed E-state index contributed by atoms with van der Waals surface area (Å²) < 4.78 is 2.57. The average Bonchev–Trinajstić information content (AvgIpc) is 2.93. The Hall–Kier alpha value is -11.3. The van der Waals surface area contributed by atoms with Gasteiger partial charge < -0.3 is 4.57 Å². The van der Waals surface area contributed by atoms with Gasteiger partial charge in [0, 0.05) is 38.6 Å². The molecular weight excluding hydrogens is 1030 g/mol. The SMILES string of the molecule is c1ccc(-c2ccc(-c3cc(-c4nc(-c5ccccc5)nc(-c5ccccc5)n4)cc(-c4ccc(-c5ccccc5)cc4)c3-n3c4cc(-c5ccccc5)c(-c5ccccc5)cc4c4cc(-c5ccccc5)c(-c5ccccc5)cc43)cc2)cc1. The minimum absolute atomic E-state index is 0.573. The zero-order chi connectivity index (χ0) is 56.5. The highest BCUT2D eigenvalue weighted by Gasteiger charge is 2.26. The second-order valence-electron chi connectivity index (χ2n) is 21.5. The smallest absolute Gasteiger partial charge is 0.164 e. The third kappa shape index (κ3) is 9.78. The van der Waals surface area contributed by atoms with Crippen LogP contribution in [0, 0.1) is 0 Å². The van der Waals surface area contributed by atoms with E-state index in [9.17, 15) is 0 Å². The number of rotatable bonds is 12. The topological polar surface area (TPSA) is 43.6 Å². The first kappa shape index (κ1) is 50.6. The van der Waals surface area contributed by atoms with Gasteiger partial charge in [-0.3, -0.25) is 0 Å². The summed E-state index contributed by atoms with van der Waals surface area (Å²) in [5.41, 5.74) is 23.7. The average molecular weight is 1080 g/mol. The highest BCUT2D eigenvalue weighted by Crippen LogP contribution is 2.49. The third-order valence-corrected chi connectivity index (χ3v) is 16.3. The van der Waals surface area contributed by atoms with E-state index in [0.29, 0.717) is 17.5 Å². The van der Waals surface area contributed by atoms with Gasteiger partial charge in [-0.1, -0.05) is 291 Å². The Morgan fingerprint density at radius 3 is 0.706 bits per heavy atom. The van der Waals surface area contributed by atoms with Gasteiger partial charge in [0.15, 0.2) is 17.5 Å². The Morgan fingerprint density at radius 2 is 0.400 bits per heavy atom. The maximum absolute atomic E-state index is 5.41. The maximum atomic E-state index is 5.41. The van der Waals surface area contributed by atoms with Gasteiger partial charge in [0.1, 0.15) is 0 Å². The second kappa shape index (κ2) is 22.2. The Morgan fingerprint density at radius 1 is 0.176 bits per heavy atom. The van der Waals surface area contributed by atoms with Crippen LogP contribution >= 0.6 is 0 Å². The molecule has 4 heteroatoms. The summed E-state index contributed by atoms with van der Waals surface area (Å²) in [7, 11) is 0. The molecule has 15 aromatic rings. The van der Waals surface area contributed by atoms with Crippen molar-refractivity contribution in [3.63, 3.8) is 0 Å². The van der Waals surface area contributed by atoms with Crippen molar-refractivity contribution >= 4 is 21.8 Å². The monoisotopic (exact) mass is 1080 g/mol. The van der Waals surface area contributed by atoms with Crippen molar-refractivity contribution in [2.24, 2.45) is 0 Å². The fraction of sp³-hybridized carbons (Fsp3) is 0. The van der Waals surface area contributed by atoms with Crippen molar-refractivity contribution in [2.45, 2.75) is 0 Å². The molecule has 15 rings (SSSR count). The van der Waals surface area contributed by atoms with Crippen molar-refractivity contribution in [3.05, 3.63) is 328 Å². The first-order valence-electron chi connectivity index (χ1n) is 28.9. The first-order chi connectivity index (χ1) is 42.1. The van der Waals surface area contributed by atoms with Crippen LogP contribution in [0.3, 0.4) is 0 Å². The lowest BCUT2D eigenvalue weighted by atomic mass is 9.90. The molecule has 0 saturated heterocycles. The van der Waals surface area contributed by atoms with E-state index < -0.39 is 0 Å². The number of fused-ring (bicyclic) bond motifs is 3. The Bertz CT molecular complexity index is 4540. The molecule has 0 amide bonds. The fourth-order valence-corrected chi connectivity index (χ4v) is 12.1. The molecule has 0 fully saturated rings. The highest BCUT2D eigenvalue weighted by molar-refractivity contribution is 6.16. The molecule has 0 spiro atoms. The largest absolute Gasteiger partial charge is 0.308 e. The predicted octanol–water partition coefficient (Wildman–Crippen LogP) is 21.3. The lowest BCUT2D eigenvalue weighted by molar-refractivity contribution is 1.07. The standard InChI is InChI=1S/C81H54N4/c1-9-25-55(26-10-1)57-41-45-63(46-42-57)72-49-67(81-83-79(65-37-21-7-22-38-65)82-80(84-81)66-39-23-8-24-40-66)50-73(64-47-43-58(44-48-64)56-27-11-2-12-28-56)78(72)85-76-53-70(61-33-17-5-18-34-61)68(59-29-13-3-14-30-59)51-74(76)75-52-69(60-31-15-4-16-32-60)71(54-77(75)85)62-35-19-6-20-36-62/h1-54H. The van der Waals surface area contributed by atoms with Crippen molar-refractivity contribution < 1.29 is 0 Å². The molecule has 0 unspecified atom stereocenters. The summed E-state index contributed by atoms with van der Waals surface area (Å²) in [6, 6.07) is 118. The predicted molar refractivity (Wildman–Crippen MR) is 354 cm³/mol. The van der Waals surface area contributed by atoms with Crippen LogP contribution in [0.25, 0.3) is 151 Å². The number of hydrogen-bond donors (Lipinski definition) is 0. The van der Waals surface area contributed by atoms with E-state index in [4.69, 9.17) is 15.0 Å². The Labute approximate surface area is 495 Å². The summed E-state index contributed by atoms with van der Waals surface area (Å²) in [4.78, 5) is 16.0. The lowest BCUT2D eigenvalue weighted by Crippen LogP contribution is -2.04. The molecule has 0 radical (unpaired) electrons. The zero-order valence-corrected chi connectivity index (χ0v) is 46.5.